The van der Waals surface area contributed by atoms with E-state index in [1.807, 2.05) is 6.92 Å². The molecule has 0 spiro atoms. The standard InChI is InChI=1S/C11H17NO3S2/c1-2-8-10(15)12(11(16)17-8)7-5-3-4-6-9(13)14/h8H,2-7H2,1H3,(H,13,14). The van der Waals surface area contributed by atoms with Crippen molar-refractivity contribution >= 4 is 40.2 Å². The number of hydrogen-bond acceptors (Lipinski definition) is 4. The summed E-state index contributed by atoms with van der Waals surface area (Å²) < 4.78 is 0.667. The van der Waals surface area contributed by atoms with Gasteiger partial charge in [-0.3, -0.25) is 14.5 Å². The zero-order valence-corrected chi connectivity index (χ0v) is 11.5. The van der Waals surface area contributed by atoms with Crippen molar-refractivity contribution in [2.24, 2.45) is 0 Å². The maximum atomic E-state index is 11.8. The first-order chi connectivity index (χ1) is 8.06. The van der Waals surface area contributed by atoms with E-state index >= 15 is 0 Å². The fourth-order valence-electron chi connectivity index (χ4n) is 1.68. The van der Waals surface area contributed by atoms with E-state index in [0.29, 0.717) is 17.3 Å². The lowest BCUT2D eigenvalue weighted by molar-refractivity contribution is -0.137. The van der Waals surface area contributed by atoms with Gasteiger partial charge in [-0.05, 0) is 19.3 Å². The number of carboxylic acid groups (broad SMARTS) is 1. The molecule has 0 aromatic rings. The van der Waals surface area contributed by atoms with Crippen LogP contribution in [0.5, 0.6) is 0 Å². The second-order valence-electron chi connectivity index (χ2n) is 3.97. The fraction of sp³-hybridized carbons (Fsp3) is 0.727. The van der Waals surface area contributed by atoms with Crippen molar-refractivity contribution in [3.8, 4) is 0 Å². The fourth-order valence-corrected chi connectivity index (χ4v) is 3.16. The Balaban J connectivity index is 2.25. The van der Waals surface area contributed by atoms with E-state index in [9.17, 15) is 9.59 Å². The largest absolute Gasteiger partial charge is 0.481 e. The van der Waals surface area contributed by atoms with Crippen molar-refractivity contribution in [2.45, 2.75) is 44.3 Å². The van der Waals surface area contributed by atoms with Crippen LogP contribution in [0, 0.1) is 0 Å². The van der Waals surface area contributed by atoms with Crippen LogP contribution in [0.4, 0.5) is 0 Å². The van der Waals surface area contributed by atoms with E-state index in [-0.39, 0.29) is 17.6 Å². The Kier molecular flexibility index (Phi) is 5.91. The number of thioether (sulfide) groups is 1. The van der Waals surface area contributed by atoms with Gasteiger partial charge in [0.15, 0.2) is 0 Å². The van der Waals surface area contributed by atoms with Crippen LogP contribution in [0.25, 0.3) is 0 Å². The van der Waals surface area contributed by atoms with Crippen LogP contribution in [0.1, 0.15) is 39.0 Å². The topological polar surface area (TPSA) is 57.6 Å². The van der Waals surface area contributed by atoms with Crippen molar-refractivity contribution in [3.05, 3.63) is 0 Å². The Morgan fingerprint density at radius 2 is 2.18 bits per heavy atom. The Labute approximate surface area is 111 Å². The van der Waals surface area contributed by atoms with E-state index in [1.165, 1.54) is 11.8 Å². The molecule has 1 amide bonds. The lowest BCUT2D eigenvalue weighted by Gasteiger charge is -2.14. The molecule has 1 rings (SSSR count). The molecule has 1 aliphatic rings. The normalized spacial score (nSPS) is 20.1. The quantitative estimate of drug-likeness (QED) is 0.570. The van der Waals surface area contributed by atoms with Gasteiger partial charge in [-0.1, -0.05) is 37.3 Å². The first-order valence-electron chi connectivity index (χ1n) is 5.80. The minimum absolute atomic E-state index is 0.0125. The van der Waals surface area contributed by atoms with Crippen LogP contribution in [0.15, 0.2) is 0 Å². The molecule has 0 radical (unpaired) electrons. The second kappa shape index (κ2) is 6.96. The maximum Gasteiger partial charge on any atom is 0.303 e. The molecule has 0 bridgehead atoms. The summed E-state index contributed by atoms with van der Waals surface area (Å²) in [5, 5.41) is 8.47. The smallest absolute Gasteiger partial charge is 0.303 e. The highest BCUT2D eigenvalue weighted by atomic mass is 32.2. The third-order valence-corrected chi connectivity index (χ3v) is 4.40. The van der Waals surface area contributed by atoms with Gasteiger partial charge in [0, 0.05) is 13.0 Å². The van der Waals surface area contributed by atoms with Gasteiger partial charge < -0.3 is 5.11 Å². The Morgan fingerprint density at radius 1 is 1.47 bits per heavy atom. The number of amides is 1. The summed E-state index contributed by atoms with van der Waals surface area (Å²) in [7, 11) is 0. The molecular weight excluding hydrogens is 258 g/mol. The van der Waals surface area contributed by atoms with E-state index in [0.717, 1.165) is 19.3 Å². The van der Waals surface area contributed by atoms with E-state index in [1.54, 1.807) is 4.90 Å². The molecule has 4 nitrogen and oxygen atoms in total. The number of rotatable bonds is 7. The lowest BCUT2D eigenvalue weighted by atomic mass is 10.2. The minimum Gasteiger partial charge on any atom is -0.481 e. The van der Waals surface area contributed by atoms with Crippen LogP contribution in [0.3, 0.4) is 0 Å². The molecule has 0 aromatic carbocycles. The van der Waals surface area contributed by atoms with Crippen LogP contribution < -0.4 is 0 Å². The molecule has 1 saturated heterocycles. The number of thiocarbonyl (C=S) groups is 1. The van der Waals surface area contributed by atoms with Crippen molar-refractivity contribution in [2.75, 3.05) is 6.54 Å². The number of hydrogen-bond donors (Lipinski definition) is 1. The van der Waals surface area contributed by atoms with Crippen molar-refractivity contribution in [1.82, 2.24) is 4.90 Å². The molecule has 1 aliphatic heterocycles. The van der Waals surface area contributed by atoms with Crippen LogP contribution in [-0.4, -0.2) is 38.0 Å². The lowest BCUT2D eigenvalue weighted by Crippen LogP contribution is -2.32. The van der Waals surface area contributed by atoms with E-state index in [4.69, 9.17) is 17.3 Å². The molecule has 0 saturated carbocycles. The zero-order chi connectivity index (χ0) is 12.8. The highest BCUT2D eigenvalue weighted by Gasteiger charge is 2.34. The van der Waals surface area contributed by atoms with Gasteiger partial charge in [0.25, 0.3) is 0 Å². The number of carbonyl (C=O) groups is 2. The molecule has 1 atom stereocenters. The molecule has 6 heteroatoms. The third-order valence-electron chi connectivity index (χ3n) is 2.65. The number of unbranched alkanes of at least 4 members (excludes halogenated alkanes) is 2. The summed E-state index contributed by atoms with van der Waals surface area (Å²) in [6.07, 6.45) is 3.30. The van der Waals surface area contributed by atoms with Gasteiger partial charge in [-0.15, -0.1) is 0 Å². The predicted octanol–water partition coefficient (Wildman–Crippen LogP) is 2.27. The van der Waals surface area contributed by atoms with Gasteiger partial charge in [0.1, 0.15) is 4.32 Å². The number of carbonyl (C=O) groups excluding carboxylic acids is 1. The number of carboxylic acids is 1. The summed E-state index contributed by atoms with van der Waals surface area (Å²) in [4.78, 5) is 23.8. The summed E-state index contributed by atoms with van der Waals surface area (Å²) in [5.74, 6) is -0.653. The molecule has 1 unspecified atom stereocenters. The molecule has 1 fully saturated rings. The van der Waals surface area contributed by atoms with Gasteiger partial charge in [-0.2, -0.15) is 0 Å². The first-order valence-corrected chi connectivity index (χ1v) is 7.08. The summed E-state index contributed by atoms with van der Waals surface area (Å²) in [5.41, 5.74) is 0. The van der Waals surface area contributed by atoms with E-state index in [2.05, 4.69) is 0 Å². The van der Waals surface area contributed by atoms with Crippen molar-refractivity contribution in [1.29, 1.82) is 0 Å². The summed E-state index contributed by atoms with van der Waals surface area (Å²) in [6, 6.07) is 0. The molecule has 1 N–H and O–H groups in total. The predicted molar refractivity (Wildman–Crippen MR) is 72.1 cm³/mol. The van der Waals surface area contributed by atoms with Crippen molar-refractivity contribution < 1.29 is 14.7 Å². The van der Waals surface area contributed by atoms with Crippen LogP contribution in [-0.2, 0) is 9.59 Å². The number of aliphatic carboxylic acids is 1. The summed E-state index contributed by atoms with van der Waals surface area (Å²) in [6.45, 7) is 2.61. The average Bonchev–Trinajstić information content (AvgIpc) is 2.54. The molecule has 17 heavy (non-hydrogen) atoms. The highest BCUT2D eigenvalue weighted by Crippen LogP contribution is 2.29. The maximum absolute atomic E-state index is 11.8. The molecule has 1 heterocycles. The van der Waals surface area contributed by atoms with Gasteiger partial charge in [0.05, 0.1) is 5.25 Å². The van der Waals surface area contributed by atoms with Crippen molar-refractivity contribution in [3.63, 3.8) is 0 Å². The van der Waals surface area contributed by atoms with Crippen LogP contribution >= 0.6 is 24.0 Å². The zero-order valence-electron chi connectivity index (χ0n) is 9.85. The molecule has 96 valence electrons. The van der Waals surface area contributed by atoms with E-state index < -0.39 is 5.97 Å². The highest BCUT2D eigenvalue weighted by molar-refractivity contribution is 8.24. The monoisotopic (exact) mass is 275 g/mol. The average molecular weight is 275 g/mol. The second-order valence-corrected chi connectivity index (χ2v) is 5.81. The summed E-state index contributed by atoms with van der Waals surface area (Å²) >= 11 is 6.62. The van der Waals surface area contributed by atoms with Gasteiger partial charge in [-0.25, -0.2) is 0 Å². The first kappa shape index (κ1) is 14.4. The number of nitrogens with zero attached hydrogens (tertiary/aromatic N) is 1. The Bertz CT molecular complexity index is 320. The molecular formula is C11H17NO3S2. The molecule has 0 aromatic heterocycles. The Morgan fingerprint density at radius 3 is 2.71 bits per heavy atom. The van der Waals surface area contributed by atoms with Gasteiger partial charge >= 0.3 is 5.97 Å². The molecule has 0 aliphatic carbocycles. The van der Waals surface area contributed by atoms with Crippen LogP contribution in [0.2, 0.25) is 0 Å². The minimum atomic E-state index is -0.764. The third kappa shape index (κ3) is 4.27. The SMILES string of the molecule is CCC1SC(=S)N(CCCCCC(=O)O)C1=O. The Hall–Kier alpha value is -0.620. The van der Waals surface area contributed by atoms with Gasteiger partial charge in [0.2, 0.25) is 5.91 Å².